The molecule has 0 saturated carbocycles. The Morgan fingerprint density at radius 3 is 2.35 bits per heavy atom. The van der Waals surface area contributed by atoms with Crippen molar-refractivity contribution in [3.8, 4) is 5.69 Å². The van der Waals surface area contributed by atoms with Crippen molar-refractivity contribution in [3.63, 3.8) is 0 Å². The Balaban J connectivity index is 2.38. The monoisotopic (exact) mass is 273 g/mol. The van der Waals surface area contributed by atoms with Gasteiger partial charge >= 0.3 is 0 Å². The molecule has 0 spiro atoms. The van der Waals surface area contributed by atoms with E-state index < -0.39 is 0 Å². The van der Waals surface area contributed by atoms with Crippen molar-refractivity contribution in [2.24, 2.45) is 11.7 Å². The van der Waals surface area contributed by atoms with Gasteiger partial charge < -0.3 is 10.6 Å². The fourth-order valence-electron chi connectivity index (χ4n) is 2.18. The largest absolute Gasteiger partial charge is 0.378 e. The van der Waals surface area contributed by atoms with E-state index in [1.807, 2.05) is 18.8 Å². The minimum absolute atomic E-state index is 0.428. The molecule has 108 valence electrons. The van der Waals surface area contributed by atoms with Crippen molar-refractivity contribution in [3.05, 3.63) is 35.7 Å². The van der Waals surface area contributed by atoms with E-state index in [9.17, 15) is 0 Å². The third-order valence-electron chi connectivity index (χ3n) is 3.25. The van der Waals surface area contributed by atoms with Gasteiger partial charge in [0.15, 0.2) is 0 Å². The molecule has 0 saturated heterocycles. The van der Waals surface area contributed by atoms with Crippen LogP contribution >= 0.6 is 0 Å². The van der Waals surface area contributed by atoms with E-state index in [2.05, 4.69) is 53.3 Å². The Kier molecular flexibility index (Phi) is 4.39. The van der Waals surface area contributed by atoms with Crippen molar-refractivity contribution < 1.29 is 0 Å². The normalized spacial score (nSPS) is 11.1. The van der Waals surface area contributed by atoms with Gasteiger partial charge in [-0.1, -0.05) is 19.1 Å². The van der Waals surface area contributed by atoms with Crippen LogP contribution in [0.1, 0.15) is 25.2 Å². The molecule has 2 N–H and O–H groups in total. The molecule has 0 aliphatic heterocycles. The van der Waals surface area contributed by atoms with Crippen LogP contribution in [0.15, 0.2) is 24.3 Å². The van der Waals surface area contributed by atoms with Gasteiger partial charge in [-0.25, -0.2) is 4.68 Å². The van der Waals surface area contributed by atoms with Crippen molar-refractivity contribution in [1.29, 1.82) is 0 Å². The zero-order valence-electron chi connectivity index (χ0n) is 12.7. The molecule has 0 aliphatic carbocycles. The molecule has 2 rings (SSSR count). The average molecular weight is 273 g/mol. The van der Waals surface area contributed by atoms with E-state index >= 15 is 0 Å². The summed E-state index contributed by atoms with van der Waals surface area (Å²) in [5.74, 6) is 0.540. The van der Waals surface area contributed by atoms with Gasteiger partial charge in [0.05, 0.1) is 17.1 Å². The summed E-state index contributed by atoms with van der Waals surface area (Å²) in [5.41, 5.74) is 9.95. The first kappa shape index (κ1) is 14.5. The number of rotatable bonds is 5. The zero-order valence-corrected chi connectivity index (χ0v) is 12.7. The Bertz CT molecular complexity index is 554. The zero-order chi connectivity index (χ0) is 14.7. The highest BCUT2D eigenvalue weighted by molar-refractivity contribution is 5.50. The number of anilines is 1. The standard InChI is InChI=1S/C15H23N5/c1-11(2)9-15-14(10-16)17-18-20(15)13-7-5-12(6-8-13)19(3)4/h5-8,11H,9-10,16H2,1-4H3. The second-order valence-corrected chi connectivity index (χ2v) is 5.61. The molecule has 0 unspecified atom stereocenters. The maximum Gasteiger partial charge on any atom is 0.0999 e. The first-order valence-corrected chi connectivity index (χ1v) is 6.94. The average Bonchev–Trinajstić information content (AvgIpc) is 2.81. The minimum Gasteiger partial charge on any atom is -0.378 e. The molecule has 0 amide bonds. The van der Waals surface area contributed by atoms with E-state index in [4.69, 9.17) is 5.73 Å². The molecule has 0 aliphatic rings. The molecule has 0 radical (unpaired) electrons. The summed E-state index contributed by atoms with van der Waals surface area (Å²) in [4.78, 5) is 2.07. The molecule has 1 aromatic carbocycles. The molecule has 1 aromatic heterocycles. The predicted octanol–water partition coefficient (Wildman–Crippen LogP) is 1.99. The van der Waals surface area contributed by atoms with Crippen LogP contribution in [0.2, 0.25) is 0 Å². The molecular formula is C15H23N5. The number of hydrogen-bond donors (Lipinski definition) is 1. The van der Waals surface area contributed by atoms with E-state index in [0.717, 1.165) is 23.5 Å². The fraction of sp³-hybridized carbons (Fsp3) is 0.467. The van der Waals surface area contributed by atoms with Crippen LogP contribution in [0.4, 0.5) is 5.69 Å². The molecule has 1 heterocycles. The van der Waals surface area contributed by atoms with Crippen LogP contribution in [-0.4, -0.2) is 29.1 Å². The smallest absolute Gasteiger partial charge is 0.0999 e. The summed E-state index contributed by atoms with van der Waals surface area (Å²) in [6.45, 7) is 4.80. The van der Waals surface area contributed by atoms with Crippen molar-refractivity contribution in [2.75, 3.05) is 19.0 Å². The third kappa shape index (κ3) is 2.99. The Morgan fingerprint density at radius 1 is 1.20 bits per heavy atom. The lowest BCUT2D eigenvalue weighted by Crippen LogP contribution is -2.10. The first-order chi connectivity index (χ1) is 9.52. The third-order valence-corrected chi connectivity index (χ3v) is 3.25. The molecule has 0 fully saturated rings. The number of aromatic nitrogens is 3. The molecule has 0 atom stereocenters. The molecule has 0 bridgehead atoms. The first-order valence-electron chi connectivity index (χ1n) is 6.94. The highest BCUT2D eigenvalue weighted by atomic mass is 15.4. The molecule has 2 aromatic rings. The molecule has 5 nitrogen and oxygen atoms in total. The number of nitrogens with two attached hydrogens (primary N) is 1. The van der Waals surface area contributed by atoms with Crippen LogP contribution in [0.25, 0.3) is 5.69 Å². The van der Waals surface area contributed by atoms with E-state index in [1.54, 1.807) is 0 Å². The van der Waals surface area contributed by atoms with E-state index in [0.29, 0.717) is 12.5 Å². The maximum absolute atomic E-state index is 5.76. The van der Waals surface area contributed by atoms with Crippen molar-refractivity contribution in [1.82, 2.24) is 15.0 Å². The highest BCUT2D eigenvalue weighted by Crippen LogP contribution is 2.19. The van der Waals surface area contributed by atoms with Crippen LogP contribution in [0, 0.1) is 5.92 Å². The van der Waals surface area contributed by atoms with Crippen molar-refractivity contribution >= 4 is 5.69 Å². The number of benzene rings is 1. The van der Waals surface area contributed by atoms with Crippen LogP contribution in [-0.2, 0) is 13.0 Å². The summed E-state index contributed by atoms with van der Waals surface area (Å²) in [7, 11) is 4.06. The Labute approximate surface area is 120 Å². The molecular weight excluding hydrogens is 250 g/mol. The van der Waals surface area contributed by atoms with Gasteiger partial charge in [0.25, 0.3) is 0 Å². The topological polar surface area (TPSA) is 60.0 Å². The van der Waals surface area contributed by atoms with Gasteiger partial charge in [0.1, 0.15) is 0 Å². The van der Waals surface area contributed by atoms with E-state index in [-0.39, 0.29) is 0 Å². The van der Waals surface area contributed by atoms with E-state index in [1.165, 1.54) is 5.69 Å². The minimum atomic E-state index is 0.428. The van der Waals surface area contributed by atoms with Crippen molar-refractivity contribution in [2.45, 2.75) is 26.8 Å². The van der Waals surface area contributed by atoms with Crippen LogP contribution < -0.4 is 10.6 Å². The second kappa shape index (κ2) is 6.05. The SMILES string of the molecule is CC(C)Cc1c(CN)nnn1-c1ccc(N(C)C)cc1. The number of hydrogen-bond acceptors (Lipinski definition) is 4. The van der Waals surface area contributed by atoms with Gasteiger partial charge in [0, 0.05) is 26.3 Å². The lowest BCUT2D eigenvalue weighted by molar-refractivity contribution is 0.611. The van der Waals surface area contributed by atoms with Gasteiger partial charge in [-0.3, -0.25) is 0 Å². The maximum atomic E-state index is 5.76. The lowest BCUT2D eigenvalue weighted by atomic mass is 10.1. The summed E-state index contributed by atoms with van der Waals surface area (Å²) >= 11 is 0. The second-order valence-electron chi connectivity index (χ2n) is 5.61. The summed E-state index contributed by atoms with van der Waals surface area (Å²) < 4.78 is 1.90. The Morgan fingerprint density at radius 2 is 1.85 bits per heavy atom. The summed E-state index contributed by atoms with van der Waals surface area (Å²) in [6, 6.07) is 8.29. The van der Waals surface area contributed by atoms with Gasteiger partial charge in [0.2, 0.25) is 0 Å². The van der Waals surface area contributed by atoms with Gasteiger partial charge in [-0.05, 0) is 36.6 Å². The lowest BCUT2D eigenvalue weighted by Gasteiger charge is -2.14. The Hall–Kier alpha value is -1.88. The summed E-state index contributed by atoms with van der Waals surface area (Å²) in [6.07, 6.45) is 0.926. The number of nitrogens with zero attached hydrogens (tertiary/aromatic N) is 4. The molecule has 5 heteroatoms. The highest BCUT2D eigenvalue weighted by Gasteiger charge is 2.14. The quantitative estimate of drug-likeness (QED) is 0.905. The van der Waals surface area contributed by atoms with Crippen LogP contribution in [0.3, 0.4) is 0 Å². The van der Waals surface area contributed by atoms with Gasteiger partial charge in [-0.15, -0.1) is 5.10 Å². The van der Waals surface area contributed by atoms with Gasteiger partial charge in [-0.2, -0.15) is 0 Å². The van der Waals surface area contributed by atoms with Crippen LogP contribution in [0.5, 0.6) is 0 Å². The molecule has 20 heavy (non-hydrogen) atoms. The fourth-order valence-corrected chi connectivity index (χ4v) is 2.18. The predicted molar refractivity (Wildman–Crippen MR) is 82.1 cm³/mol. The summed E-state index contributed by atoms with van der Waals surface area (Å²) in [5, 5.41) is 8.46.